The van der Waals surface area contributed by atoms with Gasteiger partial charge in [-0.1, -0.05) is 6.07 Å². The van der Waals surface area contributed by atoms with Crippen LogP contribution in [0.5, 0.6) is 5.75 Å². The molecular weight excluding hydrogens is 284 g/mol. The average Bonchev–Trinajstić information content (AvgIpc) is 2.92. The Balaban J connectivity index is 1.70. The van der Waals surface area contributed by atoms with Crippen LogP contribution in [0.3, 0.4) is 0 Å². The molecule has 0 bridgehead atoms. The van der Waals surface area contributed by atoms with Crippen molar-refractivity contribution >= 4 is 12.0 Å². The summed E-state index contributed by atoms with van der Waals surface area (Å²) in [6, 6.07) is 5.74. The molecule has 6 heteroatoms. The van der Waals surface area contributed by atoms with Crippen LogP contribution >= 0.6 is 0 Å². The summed E-state index contributed by atoms with van der Waals surface area (Å²) in [6.45, 7) is 5.55. The van der Waals surface area contributed by atoms with Gasteiger partial charge in [0.2, 0.25) is 0 Å². The molecule has 1 aliphatic rings. The Morgan fingerprint density at radius 2 is 2.00 bits per heavy atom. The van der Waals surface area contributed by atoms with Gasteiger partial charge in [0, 0.05) is 13.1 Å². The Morgan fingerprint density at radius 3 is 2.59 bits per heavy atom. The predicted octanol–water partition coefficient (Wildman–Crippen LogP) is 1.80. The Hall–Kier alpha value is -2.24. The van der Waals surface area contributed by atoms with Crippen molar-refractivity contribution in [3.8, 4) is 5.75 Å². The maximum Gasteiger partial charge on any atom is 0.317 e. The molecule has 1 atom stereocenters. The van der Waals surface area contributed by atoms with E-state index >= 15 is 0 Å². The van der Waals surface area contributed by atoms with Gasteiger partial charge < -0.3 is 20.1 Å². The number of carboxylic acid groups (broad SMARTS) is 1. The highest BCUT2D eigenvalue weighted by molar-refractivity contribution is 5.77. The third kappa shape index (κ3) is 4.38. The number of carbonyl (C=O) groups excluding carboxylic acids is 1. The zero-order chi connectivity index (χ0) is 16.1. The third-order valence-corrected chi connectivity index (χ3v) is 3.67. The molecule has 1 heterocycles. The molecule has 6 nitrogen and oxygen atoms in total. The van der Waals surface area contributed by atoms with E-state index in [4.69, 9.17) is 9.84 Å². The molecule has 1 saturated heterocycles. The molecule has 0 radical (unpaired) electrons. The maximum absolute atomic E-state index is 11.9. The largest absolute Gasteiger partial charge is 0.492 e. The van der Waals surface area contributed by atoms with Crippen LogP contribution < -0.4 is 10.1 Å². The van der Waals surface area contributed by atoms with Gasteiger partial charge in [-0.25, -0.2) is 4.79 Å². The number of ether oxygens (including phenoxy) is 1. The second-order valence-electron chi connectivity index (χ2n) is 5.67. The summed E-state index contributed by atoms with van der Waals surface area (Å²) < 4.78 is 5.61. The first-order valence-corrected chi connectivity index (χ1v) is 7.42. The van der Waals surface area contributed by atoms with Crippen LogP contribution in [0.2, 0.25) is 0 Å². The van der Waals surface area contributed by atoms with E-state index in [0.29, 0.717) is 26.1 Å². The fourth-order valence-electron chi connectivity index (χ4n) is 2.60. The fourth-order valence-corrected chi connectivity index (χ4v) is 2.60. The first-order valence-electron chi connectivity index (χ1n) is 7.42. The van der Waals surface area contributed by atoms with Gasteiger partial charge in [0.05, 0.1) is 12.5 Å². The van der Waals surface area contributed by atoms with Crippen LogP contribution in [0.15, 0.2) is 18.2 Å². The highest BCUT2D eigenvalue weighted by Crippen LogP contribution is 2.17. The number of aliphatic carboxylic acids is 1. The van der Waals surface area contributed by atoms with Gasteiger partial charge in [-0.3, -0.25) is 4.79 Å². The molecule has 22 heavy (non-hydrogen) atoms. The number of hydrogen-bond donors (Lipinski definition) is 2. The van der Waals surface area contributed by atoms with Crippen molar-refractivity contribution in [1.82, 2.24) is 10.2 Å². The zero-order valence-corrected chi connectivity index (χ0v) is 13.0. The highest BCUT2D eigenvalue weighted by Gasteiger charge is 2.30. The molecule has 1 aliphatic heterocycles. The van der Waals surface area contributed by atoms with E-state index in [1.165, 1.54) is 4.90 Å². The maximum atomic E-state index is 11.9. The molecular formula is C16H22N2O4. The minimum atomic E-state index is -0.839. The molecule has 1 unspecified atom stereocenters. The Labute approximate surface area is 130 Å². The second kappa shape index (κ2) is 7.15. The Bertz CT molecular complexity index is 539. The number of amides is 2. The minimum absolute atomic E-state index is 0.229. The number of carbonyl (C=O) groups is 2. The second-order valence-corrected chi connectivity index (χ2v) is 5.67. The third-order valence-electron chi connectivity index (χ3n) is 3.67. The molecule has 2 amide bonds. The Morgan fingerprint density at radius 1 is 1.32 bits per heavy atom. The number of nitrogens with zero attached hydrogens (tertiary/aromatic N) is 1. The number of rotatable bonds is 5. The van der Waals surface area contributed by atoms with Gasteiger partial charge in [0.25, 0.3) is 0 Å². The van der Waals surface area contributed by atoms with Gasteiger partial charge in [-0.05, 0) is 43.5 Å². The summed E-state index contributed by atoms with van der Waals surface area (Å²) >= 11 is 0. The molecule has 1 fully saturated rings. The van der Waals surface area contributed by atoms with Crippen molar-refractivity contribution in [2.24, 2.45) is 5.92 Å². The van der Waals surface area contributed by atoms with Crippen LogP contribution in [-0.2, 0) is 4.79 Å². The summed E-state index contributed by atoms with van der Waals surface area (Å²) in [5.74, 6) is -0.496. The minimum Gasteiger partial charge on any atom is -0.492 e. The van der Waals surface area contributed by atoms with E-state index in [1.54, 1.807) is 0 Å². The van der Waals surface area contributed by atoms with Crippen molar-refractivity contribution in [2.75, 3.05) is 26.2 Å². The number of hydrogen-bond acceptors (Lipinski definition) is 3. The summed E-state index contributed by atoms with van der Waals surface area (Å²) in [5.41, 5.74) is 2.27. The highest BCUT2D eigenvalue weighted by atomic mass is 16.5. The summed E-state index contributed by atoms with van der Waals surface area (Å²) in [7, 11) is 0. The number of aryl methyl sites for hydroxylation is 2. The number of carboxylic acids is 1. The lowest BCUT2D eigenvalue weighted by atomic mass is 10.1. The van der Waals surface area contributed by atoms with E-state index < -0.39 is 11.9 Å². The van der Waals surface area contributed by atoms with Crippen molar-refractivity contribution in [2.45, 2.75) is 20.3 Å². The lowest BCUT2D eigenvalue weighted by Gasteiger charge is -2.17. The van der Waals surface area contributed by atoms with Crippen molar-refractivity contribution in [3.63, 3.8) is 0 Å². The number of likely N-dealkylation sites (tertiary alicyclic amines) is 1. The standard InChI is InChI=1S/C16H22N2O4/c1-11-7-12(2)9-14(8-11)22-6-4-17-16(21)18-5-3-13(10-18)15(19)20/h7-9,13H,3-6,10H2,1-2H3,(H,17,21)(H,19,20). The number of nitrogens with one attached hydrogen (secondary N) is 1. The first-order chi connectivity index (χ1) is 10.5. The van der Waals surface area contributed by atoms with Gasteiger partial charge in [-0.2, -0.15) is 0 Å². The smallest absolute Gasteiger partial charge is 0.317 e. The van der Waals surface area contributed by atoms with Crippen LogP contribution in [0.4, 0.5) is 4.79 Å². The predicted molar refractivity (Wildman–Crippen MR) is 82.1 cm³/mol. The summed E-state index contributed by atoms with van der Waals surface area (Å²) in [6.07, 6.45) is 0.516. The van der Waals surface area contributed by atoms with E-state index in [2.05, 4.69) is 11.4 Å². The lowest BCUT2D eigenvalue weighted by Crippen LogP contribution is -2.40. The molecule has 1 aromatic carbocycles. The van der Waals surface area contributed by atoms with Crippen molar-refractivity contribution in [3.05, 3.63) is 29.3 Å². The van der Waals surface area contributed by atoms with E-state index in [9.17, 15) is 9.59 Å². The molecule has 2 N–H and O–H groups in total. The fraction of sp³-hybridized carbons (Fsp3) is 0.500. The van der Waals surface area contributed by atoms with E-state index in [1.807, 2.05) is 26.0 Å². The molecule has 1 aromatic rings. The number of urea groups is 1. The van der Waals surface area contributed by atoms with Gasteiger partial charge in [0.1, 0.15) is 12.4 Å². The zero-order valence-electron chi connectivity index (χ0n) is 13.0. The van der Waals surface area contributed by atoms with Gasteiger partial charge in [0.15, 0.2) is 0 Å². The topological polar surface area (TPSA) is 78.9 Å². The summed E-state index contributed by atoms with van der Waals surface area (Å²) in [4.78, 5) is 24.3. The summed E-state index contributed by atoms with van der Waals surface area (Å²) in [5, 5.41) is 11.7. The van der Waals surface area contributed by atoms with Gasteiger partial charge in [-0.15, -0.1) is 0 Å². The first kappa shape index (κ1) is 16.1. The van der Waals surface area contributed by atoms with Crippen LogP contribution in [-0.4, -0.2) is 48.2 Å². The molecule has 0 spiro atoms. The van der Waals surface area contributed by atoms with Gasteiger partial charge >= 0.3 is 12.0 Å². The monoisotopic (exact) mass is 306 g/mol. The van der Waals surface area contributed by atoms with Crippen molar-refractivity contribution < 1.29 is 19.4 Å². The molecule has 0 aromatic heterocycles. The molecule has 2 rings (SSSR count). The van der Waals surface area contributed by atoms with Crippen molar-refractivity contribution in [1.29, 1.82) is 0 Å². The molecule has 0 aliphatic carbocycles. The SMILES string of the molecule is Cc1cc(C)cc(OCCNC(=O)N2CCC(C(=O)O)C2)c1. The quantitative estimate of drug-likeness (QED) is 0.813. The lowest BCUT2D eigenvalue weighted by molar-refractivity contribution is -0.141. The normalized spacial score (nSPS) is 17.4. The number of benzene rings is 1. The van der Waals surface area contributed by atoms with Crippen LogP contribution in [0, 0.1) is 19.8 Å². The Kier molecular flexibility index (Phi) is 5.25. The van der Waals surface area contributed by atoms with Crippen LogP contribution in [0.25, 0.3) is 0 Å². The van der Waals surface area contributed by atoms with E-state index in [0.717, 1.165) is 16.9 Å². The van der Waals surface area contributed by atoms with E-state index in [-0.39, 0.29) is 12.6 Å². The van der Waals surface area contributed by atoms with Crippen LogP contribution in [0.1, 0.15) is 17.5 Å². The average molecular weight is 306 g/mol. The molecule has 0 saturated carbocycles. The molecule has 120 valence electrons.